The number of ether oxygens (including phenoxy) is 1. The molecule has 0 saturated carbocycles. The summed E-state index contributed by atoms with van der Waals surface area (Å²) in [6.45, 7) is 1.30. The molecule has 0 fully saturated rings. The van der Waals surface area contributed by atoms with Crippen LogP contribution < -0.4 is 4.74 Å². The zero-order chi connectivity index (χ0) is 24.5. The van der Waals surface area contributed by atoms with Gasteiger partial charge in [-0.25, -0.2) is 0 Å². The number of aryl methyl sites for hydroxylation is 2. The van der Waals surface area contributed by atoms with Gasteiger partial charge in [0.15, 0.2) is 0 Å². The number of benzene rings is 3. The Morgan fingerprint density at radius 3 is 2.31 bits per heavy atom. The molecule has 4 rings (SSSR count). The van der Waals surface area contributed by atoms with E-state index in [-0.39, 0.29) is 0 Å². The van der Waals surface area contributed by atoms with Crippen molar-refractivity contribution < 1.29 is 17.9 Å². The van der Waals surface area contributed by atoms with Gasteiger partial charge in [-0.2, -0.15) is 13.2 Å². The lowest BCUT2D eigenvalue weighted by molar-refractivity contribution is -0.137. The van der Waals surface area contributed by atoms with Crippen LogP contribution in [0.15, 0.2) is 85.2 Å². The molecule has 0 spiro atoms. The van der Waals surface area contributed by atoms with Gasteiger partial charge >= 0.3 is 6.18 Å². The Morgan fingerprint density at radius 2 is 1.60 bits per heavy atom. The molecule has 1 heterocycles. The van der Waals surface area contributed by atoms with E-state index in [1.54, 1.807) is 12.3 Å². The highest BCUT2D eigenvalue weighted by atomic mass is 19.4. The van der Waals surface area contributed by atoms with Crippen LogP contribution in [0.1, 0.15) is 40.7 Å². The number of nitrogens with zero attached hydrogens (tertiary/aromatic N) is 3. The molecule has 0 aliphatic rings. The molecular weight excluding hydrogens is 451 g/mol. The molecule has 0 N–H and O–H groups in total. The van der Waals surface area contributed by atoms with Gasteiger partial charge in [0.2, 0.25) is 0 Å². The van der Waals surface area contributed by atoms with Crippen molar-refractivity contribution >= 4 is 12.2 Å². The van der Waals surface area contributed by atoms with E-state index in [1.807, 2.05) is 53.4 Å². The van der Waals surface area contributed by atoms with Gasteiger partial charge in [-0.3, -0.25) is 4.68 Å². The van der Waals surface area contributed by atoms with E-state index >= 15 is 0 Å². The molecule has 3 aromatic carbocycles. The molecule has 0 aliphatic heterocycles. The van der Waals surface area contributed by atoms with E-state index in [2.05, 4.69) is 22.4 Å². The second kappa shape index (κ2) is 11.5. The third-order valence-corrected chi connectivity index (χ3v) is 5.56. The maximum absolute atomic E-state index is 12.7. The first kappa shape index (κ1) is 24.3. The quantitative estimate of drug-likeness (QED) is 0.181. The van der Waals surface area contributed by atoms with Crippen molar-refractivity contribution in [2.45, 2.75) is 38.6 Å². The first-order chi connectivity index (χ1) is 17.0. The number of aromatic nitrogens is 3. The van der Waals surface area contributed by atoms with E-state index < -0.39 is 11.7 Å². The SMILES string of the molecule is FC(F)(F)c1ccc(/C=C/c2cccc(COc3ccc(CCCCn4ccnn4)cc3)c2)cc1. The average Bonchev–Trinajstić information content (AvgIpc) is 3.38. The zero-order valence-corrected chi connectivity index (χ0v) is 19.2. The third-order valence-electron chi connectivity index (χ3n) is 5.56. The molecule has 0 aliphatic carbocycles. The second-order valence-corrected chi connectivity index (χ2v) is 8.25. The molecule has 4 nitrogen and oxygen atoms in total. The Morgan fingerprint density at radius 1 is 0.829 bits per heavy atom. The number of rotatable bonds is 10. The second-order valence-electron chi connectivity index (χ2n) is 8.25. The highest BCUT2D eigenvalue weighted by molar-refractivity contribution is 5.69. The van der Waals surface area contributed by atoms with Crippen molar-refractivity contribution in [3.05, 3.63) is 113 Å². The molecule has 0 saturated heterocycles. The van der Waals surface area contributed by atoms with Crippen LogP contribution in [-0.2, 0) is 25.7 Å². The van der Waals surface area contributed by atoms with Crippen LogP contribution in [0.25, 0.3) is 12.2 Å². The van der Waals surface area contributed by atoms with E-state index in [4.69, 9.17) is 4.74 Å². The summed E-state index contributed by atoms with van der Waals surface area (Å²) in [5, 5.41) is 7.78. The Hall–Kier alpha value is -3.87. The molecule has 7 heteroatoms. The minimum absolute atomic E-state index is 0.430. The van der Waals surface area contributed by atoms with Gasteiger partial charge in [-0.1, -0.05) is 59.8 Å². The number of unbranched alkanes of at least 4 members (excludes halogenated alkanes) is 1. The van der Waals surface area contributed by atoms with Crippen LogP contribution in [-0.4, -0.2) is 15.0 Å². The molecular formula is C28H26F3N3O. The third kappa shape index (κ3) is 7.57. The fraction of sp³-hybridized carbons (Fsp3) is 0.214. The summed E-state index contributed by atoms with van der Waals surface area (Å²) in [7, 11) is 0. The van der Waals surface area contributed by atoms with Crippen molar-refractivity contribution in [3.63, 3.8) is 0 Å². The summed E-state index contributed by atoms with van der Waals surface area (Å²) < 4.78 is 45.9. The summed E-state index contributed by atoms with van der Waals surface area (Å²) >= 11 is 0. The summed E-state index contributed by atoms with van der Waals surface area (Å²) in [6, 6.07) is 21.1. The van der Waals surface area contributed by atoms with Crippen molar-refractivity contribution in [2.24, 2.45) is 0 Å². The van der Waals surface area contributed by atoms with Gasteiger partial charge in [-0.05, 0) is 71.8 Å². The summed E-state index contributed by atoms with van der Waals surface area (Å²) in [5.74, 6) is 0.807. The summed E-state index contributed by atoms with van der Waals surface area (Å²) in [4.78, 5) is 0. The van der Waals surface area contributed by atoms with Gasteiger partial charge in [0.1, 0.15) is 12.4 Å². The Kier molecular flexibility index (Phi) is 7.98. The summed E-state index contributed by atoms with van der Waals surface area (Å²) in [5.41, 5.74) is 3.29. The van der Waals surface area contributed by atoms with Crippen LogP contribution in [0.2, 0.25) is 0 Å². The predicted molar refractivity (Wildman–Crippen MR) is 131 cm³/mol. The Labute approximate surface area is 202 Å². The van der Waals surface area contributed by atoms with Crippen LogP contribution in [0.5, 0.6) is 5.75 Å². The maximum atomic E-state index is 12.7. The molecule has 0 amide bonds. The topological polar surface area (TPSA) is 39.9 Å². The first-order valence-electron chi connectivity index (χ1n) is 11.5. The van der Waals surface area contributed by atoms with E-state index in [1.165, 1.54) is 17.7 Å². The molecule has 1 aromatic heterocycles. The fourth-order valence-electron chi connectivity index (χ4n) is 3.64. The van der Waals surface area contributed by atoms with Crippen LogP contribution in [0.4, 0.5) is 13.2 Å². The molecule has 0 unspecified atom stereocenters. The lowest BCUT2D eigenvalue weighted by Crippen LogP contribution is -2.03. The number of hydrogen-bond acceptors (Lipinski definition) is 3. The van der Waals surface area contributed by atoms with Gasteiger partial charge in [0.25, 0.3) is 0 Å². The molecule has 35 heavy (non-hydrogen) atoms. The Bertz CT molecular complexity index is 1220. The van der Waals surface area contributed by atoms with Gasteiger partial charge in [0.05, 0.1) is 11.8 Å². The summed E-state index contributed by atoms with van der Waals surface area (Å²) in [6.07, 6.45) is 6.04. The van der Waals surface area contributed by atoms with Crippen molar-refractivity contribution in [3.8, 4) is 5.75 Å². The number of alkyl halides is 3. The lowest BCUT2D eigenvalue weighted by Gasteiger charge is -2.08. The van der Waals surface area contributed by atoms with Gasteiger partial charge in [0, 0.05) is 12.7 Å². The van der Waals surface area contributed by atoms with Gasteiger partial charge in [-0.15, -0.1) is 5.10 Å². The largest absolute Gasteiger partial charge is 0.489 e. The van der Waals surface area contributed by atoms with Crippen molar-refractivity contribution in [2.75, 3.05) is 0 Å². The highest BCUT2D eigenvalue weighted by Gasteiger charge is 2.29. The fourth-order valence-corrected chi connectivity index (χ4v) is 3.64. The molecule has 0 bridgehead atoms. The standard InChI is InChI=1S/C28H26F3N3O/c29-28(30,31)26-13-9-23(10-14-26)7-8-24-5-3-6-25(20-24)21-35-27-15-11-22(12-16-27)4-1-2-18-34-19-17-32-33-34/h3,5-17,19-20H,1-2,4,18,21H2/b8-7+. The monoisotopic (exact) mass is 477 g/mol. The van der Waals surface area contributed by atoms with Crippen LogP contribution >= 0.6 is 0 Å². The molecule has 0 atom stereocenters. The number of hydrogen-bond donors (Lipinski definition) is 0. The molecule has 4 aromatic rings. The van der Waals surface area contributed by atoms with E-state index in [9.17, 15) is 13.2 Å². The minimum Gasteiger partial charge on any atom is -0.489 e. The Balaban J connectivity index is 1.25. The zero-order valence-electron chi connectivity index (χ0n) is 19.2. The van der Waals surface area contributed by atoms with E-state index in [0.29, 0.717) is 12.2 Å². The van der Waals surface area contributed by atoms with E-state index in [0.717, 1.165) is 54.8 Å². The average molecular weight is 478 g/mol. The van der Waals surface area contributed by atoms with Crippen LogP contribution in [0.3, 0.4) is 0 Å². The maximum Gasteiger partial charge on any atom is 0.416 e. The molecule has 0 radical (unpaired) electrons. The minimum atomic E-state index is -4.32. The van der Waals surface area contributed by atoms with Crippen LogP contribution in [0, 0.1) is 0 Å². The first-order valence-corrected chi connectivity index (χ1v) is 11.5. The normalized spacial score (nSPS) is 11.7. The van der Waals surface area contributed by atoms with Crippen molar-refractivity contribution in [1.82, 2.24) is 15.0 Å². The smallest absolute Gasteiger partial charge is 0.416 e. The van der Waals surface area contributed by atoms with Crippen molar-refractivity contribution in [1.29, 1.82) is 0 Å². The predicted octanol–water partition coefficient (Wildman–Crippen LogP) is 7.07. The van der Waals surface area contributed by atoms with Gasteiger partial charge < -0.3 is 4.74 Å². The number of halogens is 3. The highest BCUT2D eigenvalue weighted by Crippen LogP contribution is 2.29. The lowest BCUT2D eigenvalue weighted by atomic mass is 10.1. The molecule has 180 valence electrons.